The molecule has 0 radical (unpaired) electrons. The zero-order valence-corrected chi connectivity index (χ0v) is 22.9. The first kappa shape index (κ1) is 27.6. The molecule has 10 nitrogen and oxygen atoms in total. The molecule has 38 heavy (non-hydrogen) atoms. The number of likely N-dealkylation sites (N-methyl/N-ethyl adjacent to an activating group) is 2. The van der Waals surface area contributed by atoms with Gasteiger partial charge in [0.1, 0.15) is 10.9 Å². The summed E-state index contributed by atoms with van der Waals surface area (Å²) in [6.07, 6.45) is 1.73. The molecule has 2 atom stereocenters. The fourth-order valence-electron chi connectivity index (χ4n) is 4.41. The van der Waals surface area contributed by atoms with Gasteiger partial charge in [0.05, 0.1) is 24.7 Å². The summed E-state index contributed by atoms with van der Waals surface area (Å²) in [4.78, 5) is 44.9. The number of anilines is 1. The third kappa shape index (κ3) is 5.38. The Morgan fingerprint density at radius 3 is 2.45 bits per heavy atom. The molecule has 2 amide bonds. The molecule has 3 aromatic rings. The molecule has 0 unspecified atom stereocenters. The number of carbonyl (C=O) groups excluding carboxylic acids is 3. The summed E-state index contributed by atoms with van der Waals surface area (Å²) in [6.45, 7) is -0.217. The second-order valence-electron chi connectivity index (χ2n) is 9.00. The fraction of sp³-hybridized carbons (Fsp3) is 0.308. The summed E-state index contributed by atoms with van der Waals surface area (Å²) in [5.41, 5.74) is 1.19. The molecule has 1 saturated heterocycles. The third-order valence-corrected chi connectivity index (χ3v) is 8.78. The molecule has 12 heteroatoms. The van der Waals surface area contributed by atoms with Crippen molar-refractivity contribution in [3.8, 4) is 0 Å². The van der Waals surface area contributed by atoms with Crippen LogP contribution in [0.2, 0.25) is 0 Å². The molecule has 2 heterocycles. The first-order valence-electron chi connectivity index (χ1n) is 11.8. The van der Waals surface area contributed by atoms with Crippen molar-refractivity contribution >= 4 is 57.0 Å². The number of rotatable bonds is 7. The van der Waals surface area contributed by atoms with Gasteiger partial charge in [-0.25, -0.2) is 13.2 Å². The number of amides is 2. The third-order valence-electron chi connectivity index (χ3n) is 6.50. The van der Waals surface area contributed by atoms with Gasteiger partial charge in [0.25, 0.3) is 0 Å². The van der Waals surface area contributed by atoms with Gasteiger partial charge >= 0.3 is 5.97 Å². The number of nitrogens with zero attached hydrogens (tertiary/aromatic N) is 4. The van der Waals surface area contributed by atoms with Crippen molar-refractivity contribution in [2.45, 2.75) is 22.6 Å². The first-order valence-corrected chi connectivity index (χ1v) is 13.7. The lowest BCUT2D eigenvalue weighted by Gasteiger charge is -2.28. The number of carbonyl (C=O) groups is 3. The number of aromatic nitrogens is 1. The predicted molar refractivity (Wildman–Crippen MR) is 146 cm³/mol. The lowest BCUT2D eigenvalue weighted by molar-refractivity contribution is -0.136. The topological polar surface area (TPSA) is 117 Å². The standard InChI is InChI=1S/C26H28N4O6S2/c1-28(16-23(31)29(2)19-11-9-18(10-12-19)26(33)36-3)25(32)21-14-20(37)15-30(21)38(34,35)22-8-4-6-17-7-5-13-27-24(17)22/h4-13,20-21,37H,14-16H2,1-3H3/t20-,21+/m1/s1. The van der Waals surface area contributed by atoms with Crippen LogP contribution in [0.15, 0.2) is 65.7 Å². The molecule has 0 spiro atoms. The summed E-state index contributed by atoms with van der Waals surface area (Å²) >= 11 is 4.47. The molecule has 2 aromatic carbocycles. The quantitative estimate of drug-likeness (QED) is 0.350. The van der Waals surface area contributed by atoms with E-state index in [1.54, 1.807) is 43.4 Å². The smallest absolute Gasteiger partial charge is 0.337 e. The number of hydrogen-bond donors (Lipinski definition) is 1. The minimum absolute atomic E-state index is 0.0182. The van der Waals surface area contributed by atoms with E-state index in [4.69, 9.17) is 0 Å². The van der Waals surface area contributed by atoms with E-state index in [9.17, 15) is 22.8 Å². The van der Waals surface area contributed by atoms with Crippen molar-refractivity contribution in [3.05, 3.63) is 66.4 Å². The Bertz CT molecular complexity index is 1470. The fourth-order valence-corrected chi connectivity index (χ4v) is 6.70. The number of thiol groups is 1. The zero-order chi connectivity index (χ0) is 27.6. The van der Waals surface area contributed by atoms with E-state index in [2.05, 4.69) is 22.3 Å². The normalized spacial score (nSPS) is 17.8. The Hall–Kier alpha value is -3.48. The molecule has 1 aromatic heterocycles. The minimum Gasteiger partial charge on any atom is -0.465 e. The van der Waals surface area contributed by atoms with Gasteiger partial charge < -0.3 is 14.5 Å². The average Bonchev–Trinajstić information content (AvgIpc) is 3.33. The van der Waals surface area contributed by atoms with Crippen LogP contribution in [0.5, 0.6) is 0 Å². The second kappa shape index (κ2) is 11.1. The van der Waals surface area contributed by atoms with E-state index in [-0.39, 0.29) is 35.6 Å². The highest BCUT2D eigenvalue weighted by molar-refractivity contribution is 7.89. The van der Waals surface area contributed by atoms with Crippen LogP contribution in [0.1, 0.15) is 16.8 Å². The highest BCUT2D eigenvalue weighted by atomic mass is 32.2. The van der Waals surface area contributed by atoms with Crippen LogP contribution in [0.3, 0.4) is 0 Å². The van der Waals surface area contributed by atoms with Crippen molar-refractivity contribution in [1.82, 2.24) is 14.2 Å². The lowest BCUT2D eigenvalue weighted by atomic mass is 10.2. The van der Waals surface area contributed by atoms with Gasteiger partial charge in [-0.05, 0) is 42.8 Å². The maximum absolute atomic E-state index is 13.7. The van der Waals surface area contributed by atoms with E-state index < -0.39 is 27.9 Å². The summed E-state index contributed by atoms with van der Waals surface area (Å²) in [6, 6.07) is 13.6. The highest BCUT2D eigenvalue weighted by Crippen LogP contribution is 2.32. The molecule has 0 bridgehead atoms. The van der Waals surface area contributed by atoms with Gasteiger partial charge in [-0.3, -0.25) is 14.6 Å². The molecular formula is C26H28N4O6S2. The van der Waals surface area contributed by atoms with E-state index in [1.807, 2.05) is 0 Å². The van der Waals surface area contributed by atoms with Crippen LogP contribution in [0.4, 0.5) is 5.69 Å². The van der Waals surface area contributed by atoms with Crippen molar-refractivity contribution in [2.75, 3.05) is 39.2 Å². The number of sulfonamides is 1. The number of benzene rings is 2. The Balaban J connectivity index is 1.51. The molecule has 200 valence electrons. The van der Waals surface area contributed by atoms with Gasteiger partial charge in [-0.1, -0.05) is 18.2 Å². The summed E-state index contributed by atoms with van der Waals surface area (Å²) < 4.78 is 33.3. The van der Waals surface area contributed by atoms with Crippen LogP contribution in [0, 0.1) is 0 Å². The summed E-state index contributed by atoms with van der Waals surface area (Å²) in [7, 11) is 0.212. The number of fused-ring (bicyclic) bond motifs is 1. The maximum atomic E-state index is 13.7. The molecule has 1 aliphatic rings. The van der Waals surface area contributed by atoms with Gasteiger partial charge in [0, 0.05) is 43.2 Å². The van der Waals surface area contributed by atoms with E-state index in [1.165, 1.54) is 48.4 Å². The zero-order valence-electron chi connectivity index (χ0n) is 21.1. The number of ether oxygens (including phenoxy) is 1. The van der Waals surface area contributed by atoms with Crippen molar-refractivity contribution in [2.24, 2.45) is 0 Å². The number of hydrogen-bond acceptors (Lipinski definition) is 8. The molecular weight excluding hydrogens is 528 g/mol. The Labute approximate surface area is 226 Å². The van der Waals surface area contributed by atoms with E-state index in [0.29, 0.717) is 22.2 Å². The van der Waals surface area contributed by atoms with Crippen molar-refractivity contribution in [3.63, 3.8) is 0 Å². The number of methoxy groups -OCH3 is 1. The Kier molecular flexibility index (Phi) is 8.05. The van der Waals surface area contributed by atoms with Crippen LogP contribution < -0.4 is 4.90 Å². The Morgan fingerprint density at radius 1 is 1.08 bits per heavy atom. The lowest BCUT2D eigenvalue weighted by Crippen LogP contribution is -2.49. The van der Waals surface area contributed by atoms with Gasteiger partial charge in [-0.15, -0.1) is 0 Å². The summed E-state index contributed by atoms with van der Waals surface area (Å²) in [5.74, 6) is -1.38. The molecule has 1 aliphatic heterocycles. The number of para-hydroxylation sites is 1. The van der Waals surface area contributed by atoms with E-state index >= 15 is 0 Å². The maximum Gasteiger partial charge on any atom is 0.337 e. The van der Waals surface area contributed by atoms with Crippen LogP contribution in [-0.4, -0.2) is 86.0 Å². The molecule has 0 aliphatic carbocycles. The summed E-state index contributed by atoms with van der Waals surface area (Å²) in [5, 5.41) is 0.324. The predicted octanol–water partition coefficient (Wildman–Crippen LogP) is 2.20. The van der Waals surface area contributed by atoms with Crippen LogP contribution >= 0.6 is 12.6 Å². The SMILES string of the molecule is COC(=O)c1ccc(N(C)C(=O)CN(C)C(=O)[C@@H]2C[C@@H](S)CN2S(=O)(=O)c2cccc3cccnc23)cc1. The molecule has 1 fully saturated rings. The second-order valence-corrected chi connectivity index (χ2v) is 11.6. The molecule has 4 rings (SSSR count). The number of esters is 1. The van der Waals surface area contributed by atoms with Crippen molar-refractivity contribution < 1.29 is 27.5 Å². The van der Waals surface area contributed by atoms with Crippen molar-refractivity contribution in [1.29, 1.82) is 0 Å². The minimum atomic E-state index is -4.09. The monoisotopic (exact) mass is 556 g/mol. The van der Waals surface area contributed by atoms with Crippen LogP contribution in [0.25, 0.3) is 10.9 Å². The van der Waals surface area contributed by atoms with E-state index in [0.717, 1.165) is 4.31 Å². The largest absolute Gasteiger partial charge is 0.465 e. The van der Waals surface area contributed by atoms with Gasteiger partial charge in [0.15, 0.2) is 0 Å². The molecule has 0 saturated carbocycles. The Morgan fingerprint density at radius 2 is 1.76 bits per heavy atom. The number of pyridine rings is 1. The first-order chi connectivity index (χ1) is 18.0. The highest BCUT2D eigenvalue weighted by Gasteiger charge is 2.44. The molecule has 0 N–H and O–H groups in total. The van der Waals surface area contributed by atoms with Gasteiger partial charge in [-0.2, -0.15) is 16.9 Å². The van der Waals surface area contributed by atoms with Crippen LogP contribution in [-0.2, 0) is 24.3 Å². The van der Waals surface area contributed by atoms with Gasteiger partial charge in [0.2, 0.25) is 21.8 Å². The average molecular weight is 557 g/mol.